The van der Waals surface area contributed by atoms with Gasteiger partial charge < -0.3 is 5.32 Å². The number of benzene rings is 2. The minimum atomic E-state index is -0.389. The first-order chi connectivity index (χ1) is 13.6. The van der Waals surface area contributed by atoms with E-state index in [1.807, 2.05) is 18.2 Å². The zero-order valence-electron chi connectivity index (χ0n) is 15.5. The summed E-state index contributed by atoms with van der Waals surface area (Å²) in [5.74, 6) is -0.726. The Kier molecular flexibility index (Phi) is 6.65. The van der Waals surface area contributed by atoms with Crippen LogP contribution in [0.3, 0.4) is 0 Å². The van der Waals surface area contributed by atoms with E-state index >= 15 is 0 Å². The maximum Gasteiger partial charge on any atom is 0.256 e. The lowest BCUT2D eigenvalue weighted by Gasteiger charge is -2.26. The van der Waals surface area contributed by atoms with E-state index in [0.717, 1.165) is 36.5 Å². The molecular formula is C22H19ClFN3OS. The Balaban J connectivity index is 0.00000240. The number of halogens is 2. The van der Waals surface area contributed by atoms with E-state index < -0.39 is 0 Å². The van der Waals surface area contributed by atoms with Gasteiger partial charge in [-0.3, -0.25) is 9.69 Å². The number of amides is 1. The molecular weight excluding hydrogens is 409 g/mol. The van der Waals surface area contributed by atoms with Crippen molar-refractivity contribution in [2.45, 2.75) is 19.5 Å². The molecule has 0 aliphatic carbocycles. The van der Waals surface area contributed by atoms with Crippen molar-refractivity contribution in [1.29, 1.82) is 5.26 Å². The van der Waals surface area contributed by atoms with E-state index in [1.54, 1.807) is 0 Å². The first kappa shape index (κ1) is 21.0. The van der Waals surface area contributed by atoms with Crippen LogP contribution < -0.4 is 5.32 Å². The molecule has 0 atom stereocenters. The van der Waals surface area contributed by atoms with Crippen LogP contribution in [0.2, 0.25) is 0 Å². The summed E-state index contributed by atoms with van der Waals surface area (Å²) in [5, 5.41) is 13.0. The molecule has 3 aromatic rings. The summed E-state index contributed by atoms with van der Waals surface area (Å²) >= 11 is 1.46. The van der Waals surface area contributed by atoms with Gasteiger partial charge in [-0.2, -0.15) is 5.26 Å². The molecule has 0 saturated carbocycles. The quantitative estimate of drug-likeness (QED) is 0.638. The molecule has 4 rings (SSSR count). The third-order valence-electron chi connectivity index (χ3n) is 4.83. The molecule has 0 spiro atoms. The van der Waals surface area contributed by atoms with Crippen LogP contribution in [0.1, 0.15) is 31.9 Å². The summed E-state index contributed by atoms with van der Waals surface area (Å²) in [5.41, 5.74) is 3.20. The van der Waals surface area contributed by atoms with E-state index in [-0.39, 0.29) is 24.1 Å². The zero-order valence-corrected chi connectivity index (χ0v) is 17.2. The van der Waals surface area contributed by atoms with Crippen LogP contribution in [0.25, 0.3) is 0 Å². The molecule has 1 aromatic heterocycles. The molecule has 1 amide bonds. The smallest absolute Gasteiger partial charge is 0.256 e. The number of nitrogens with one attached hydrogen (secondary N) is 1. The average molecular weight is 428 g/mol. The standard InChI is InChI=1S/C22H18FN3OS.ClH/c23-17-8-6-16(7-9-17)21(27)25-22-19(12-24)18-10-11-26(14-20(18)28-22)13-15-4-2-1-3-5-15;/h1-9H,10-11,13-14H2,(H,25,27);1H. The minimum absolute atomic E-state index is 0. The molecule has 0 fully saturated rings. The highest BCUT2D eigenvalue weighted by Crippen LogP contribution is 2.37. The molecule has 0 bridgehead atoms. The van der Waals surface area contributed by atoms with Gasteiger partial charge in [0.2, 0.25) is 0 Å². The molecule has 1 N–H and O–H groups in total. The van der Waals surface area contributed by atoms with Crippen molar-refractivity contribution >= 4 is 34.7 Å². The summed E-state index contributed by atoms with van der Waals surface area (Å²) in [6, 6.07) is 17.9. The van der Waals surface area contributed by atoms with E-state index in [9.17, 15) is 14.4 Å². The molecule has 0 radical (unpaired) electrons. The molecule has 2 aromatic carbocycles. The maximum atomic E-state index is 13.1. The first-order valence-electron chi connectivity index (χ1n) is 9.02. The highest BCUT2D eigenvalue weighted by atomic mass is 35.5. The van der Waals surface area contributed by atoms with Gasteiger partial charge in [-0.25, -0.2) is 4.39 Å². The lowest BCUT2D eigenvalue weighted by molar-refractivity contribution is 0.102. The number of anilines is 1. The molecule has 0 saturated heterocycles. The predicted molar refractivity (Wildman–Crippen MR) is 115 cm³/mol. The van der Waals surface area contributed by atoms with Crippen LogP contribution in [0.5, 0.6) is 0 Å². The van der Waals surface area contributed by atoms with Gasteiger partial charge in [0, 0.05) is 30.1 Å². The normalized spacial score (nSPS) is 13.1. The fourth-order valence-corrected chi connectivity index (χ4v) is 4.65. The molecule has 1 aliphatic heterocycles. The average Bonchev–Trinajstić information content (AvgIpc) is 3.05. The van der Waals surface area contributed by atoms with Crippen molar-refractivity contribution in [1.82, 2.24) is 4.90 Å². The van der Waals surface area contributed by atoms with E-state index in [1.165, 1.54) is 41.2 Å². The molecule has 148 valence electrons. The van der Waals surface area contributed by atoms with Crippen molar-refractivity contribution in [3.8, 4) is 6.07 Å². The van der Waals surface area contributed by atoms with Gasteiger partial charge in [0.25, 0.3) is 5.91 Å². The number of nitrogens with zero attached hydrogens (tertiary/aromatic N) is 2. The number of hydrogen-bond acceptors (Lipinski definition) is 4. The molecule has 29 heavy (non-hydrogen) atoms. The Bertz CT molecular complexity index is 1040. The largest absolute Gasteiger partial charge is 0.312 e. The van der Waals surface area contributed by atoms with Gasteiger partial charge in [0.15, 0.2) is 0 Å². The van der Waals surface area contributed by atoms with Crippen LogP contribution in [-0.2, 0) is 19.5 Å². The SMILES string of the molecule is Cl.N#Cc1c(NC(=O)c2ccc(F)cc2)sc2c1CCN(Cc1ccccc1)C2. The Morgan fingerprint density at radius 1 is 1.17 bits per heavy atom. The number of rotatable bonds is 4. The highest BCUT2D eigenvalue weighted by molar-refractivity contribution is 7.16. The number of thiophene rings is 1. The summed E-state index contributed by atoms with van der Waals surface area (Å²) in [6.45, 7) is 2.49. The van der Waals surface area contributed by atoms with Gasteiger partial charge in [0.05, 0.1) is 5.56 Å². The van der Waals surface area contributed by atoms with Gasteiger partial charge in [0.1, 0.15) is 16.9 Å². The fraction of sp³-hybridized carbons (Fsp3) is 0.182. The van der Waals surface area contributed by atoms with Gasteiger partial charge >= 0.3 is 0 Å². The van der Waals surface area contributed by atoms with Gasteiger partial charge in [-0.1, -0.05) is 30.3 Å². The Hall–Kier alpha value is -2.72. The summed E-state index contributed by atoms with van der Waals surface area (Å²) < 4.78 is 13.1. The van der Waals surface area contributed by atoms with Crippen LogP contribution in [0.4, 0.5) is 9.39 Å². The summed E-state index contributed by atoms with van der Waals surface area (Å²) in [4.78, 5) is 15.9. The lowest BCUT2D eigenvalue weighted by Crippen LogP contribution is -2.29. The Labute approximate surface area is 179 Å². The van der Waals surface area contributed by atoms with Gasteiger partial charge in [-0.05, 0) is 41.8 Å². The minimum Gasteiger partial charge on any atom is -0.312 e. The van der Waals surface area contributed by atoms with Crippen LogP contribution in [-0.4, -0.2) is 17.4 Å². The van der Waals surface area contributed by atoms with Crippen LogP contribution in [0.15, 0.2) is 54.6 Å². The van der Waals surface area contributed by atoms with Crippen molar-refractivity contribution in [3.05, 3.63) is 87.5 Å². The fourth-order valence-electron chi connectivity index (χ4n) is 3.42. The Morgan fingerprint density at radius 2 is 1.90 bits per heavy atom. The van der Waals surface area contributed by atoms with Gasteiger partial charge in [-0.15, -0.1) is 23.7 Å². The second kappa shape index (κ2) is 9.19. The molecule has 2 heterocycles. The van der Waals surface area contributed by atoms with E-state index in [0.29, 0.717) is 16.1 Å². The topological polar surface area (TPSA) is 56.1 Å². The molecule has 1 aliphatic rings. The maximum absolute atomic E-state index is 13.1. The second-order valence-corrected chi connectivity index (χ2v) is 7.83. The second-order valence-electron chi connectivity index (χ2n) is 6.73. The first-order valence-corrected chi connectivity index (χ1v) is 9.83. The molecule has 7 heteroatoms. The number of hydrogen-bond donors (Lipinski definition) is 1. The number of fused-ring (bicyclic) bond motifs is 1. The van der Waals surface area contributed by atoms with E-state index in [4.69, 9.17) is 0 Å². The number of carbonyl (C=O) groups excluding carboxylic acids is 1. The number of carbonyl (C=O) groups is 1. The number of nitriles is 1. The Morgan fingerprint density at radius 3 is 2.59 bits per heavy atom. The third-order valence-corrected chi connectivity index (χ3v) is 5.96. The summed E-state index contributed by atoms with van der Waals surface area (Å²) in [6.07, 6.45) is 0.786. The molecule has 4 nitrogen and oxygen atoms in total. The monoisotopic (exact) mass is 427 g/mol. The van der Waals surface area contributed by atoms with Crippen molar-refractivity contribution < 1.29 is 9.18 Å². The summed E-state index contributed by atoms with van der Waals surface area (Å²) in [7, 11) is 0. The van der Waals surface area contributed by atoms with E-state index in [2.05, 4.69) is 28.4 Å². The van der Waals surface area contributed by atoms with Crippen LogP contribution in [0, 0.1) is 17.1 Å². The lowest BCUT2D eigenvalue weighted by atomic mass is 10.0. The zero-order chi connectivity index (χ0) is 19.5. The van der Waals surface area contributed by atoms with Crippen LogP contribution >= 0.6 is 23.7 Å². The molecule has 0 unspecified atom stereocenters. The van der Waals surface area contributed by atoms with Crippen molar-refractivity contribution in [2.75, 3.05) is 11.9 Å². The third kappa shape index (κ3) is 4.65. The predicted octanol–water partition coefficient (Wildman–Crippen LogP) is 4.99. The highest BCUT2D eigenvalue weighted by Gasteiger charge is 2.25. The van der Waals surface area contributed by atoms with Crippen molar-refractivity contribution in [2.24, 2.45) is 0 Å². The van der Waals surface area contributed by atoms with Crippen molar-refractivity contribution in [3.63, 3.8) is 0 Å².